The zero-order chi connectivity index (χ0) is 6.69. The fourth-order valence-corrected chi connectivity index (χ4v) is 0.545. The molecule has 0 bridgehead atoms. The van der Waals surface area contributed by atoms with Gasteiger partial charge in [0.05, 0.1) is 11.8 Å². The topological polar surface area (TPSA) is 54.5 Å². The highest BCUT2D eigenvalue weighted by Gasteiger charge is 1.90. The normalized spacial score (nSPS) is 8.89. The number of hydrogen-bond acceptors (Lipinski definition) is 3. The van der Waals surface area contributed by atoms with Crippen molar-refractivity contribution in [2.24, 2.45) is 0 Å². The van der Waals surface area contributed by atoms with E-state index in [4.69, 9.17) is 5.26 Å². The Labute approximate surface area is 52.7 Å². The van der Waals surface area contributed by atoms with E-state index in [2.05, 4.69) is 10.3 Å². The minimum atomic E-state index is 0.279. The zero-order valence-corrected chi connectivity index (χ0v) is 5.07. The average molecular weight is 122 g/mol. The summed E-state index contributed by atoms with van der Waals surface area (Å²) in [6, 6.07) is 1.96. The molecule has 9 heavy (non-hydrogen) atoms. The summed E-state index contributed by atoms with van der Waals surface area (Å²) >= 11 is 0. The second-order valence-corrected chi connectivity index (χ2v) is 1.72. The molecular weight excluding hydrogens is 116 g/mol. The number of rotatable bonds is 1. The van der Waals surface area contributed by atoms with Gasteiger partial charge in [0, 0.05) is 6.20 Å². The summed E-state index contributed by atoms with van der Waals surface area (Å²) in [7, 11) is 0. The lowest BCUT2D eigenvalue weighted by Crippen LogP contribution is -1.94. The molecule has 46 valence electrons. The fraction of sp³-hybridized carbons (Fsp3) is 0.400. The van der Waals surface area contributed by atoms with Crippen molar-refractivity contribution in [3.05, 3.63) is 11.9 Å². The Kier molecular flexibility index (Phi) is 1.45. The molecule has 0 aliphatic heterocycles. The van der Waals surface area contributed by atoms with E-state index in [0.717, 1.165) is 5.69 Å². The molecule has 0 aliphatic rings. The minimum Gasteiger partial charge on any atom is -0.238 e. The first-order valence-electron chi connectivity index (χ1n) is 2.56. The third-order valence-corrected chi connectivity index (χ3v) is 0.886. The van der Waals surface area contributed by atoms with Crippen LogP contribution in [0.1, 0.15) is 5.69 Å². The largest absolute Gasteiger partial charge is 0.238 e. The van der Waals surface area contributed by atoms with Gasteiger partial charge < -0.3 is 0 Å². The van der Waals surface area contributed by atoms with Gasteiger partial charge >= 0.3 is 0 Å². The van der Waals surface area contributed by atoms with Gasteiger partial charge in [-0.1, -0.05) is 5.21 Å². The van der Waals surface area contributed by atoms with Crippen LogP contribution in [0.15, 0.2) is 6.20 Å². The van der Waals surface area contributed by atoms with Crippen LogP contribution in [-0.4, -0.2) is 15.0 Å². The van der Waals surface area contributed by atoms with Crippen LogP contribution in [0.4, 0.5) is 0 Å². The predicted octanol–water partition coefficient (Wildman–Crippen LogP) is 0.110. The summed E-state index contributed by atoms with van der Waals surface area (Å²) in [4.78, 5) is 0. The molecule has 4 nitrogen and oxygen atoms in total. The van der Waals surface area contributed by atoms with Crippen molar-refractivity contribution in [2.75, 3.05) is 0 Å². The van der Waals surface area contributed by atoms with Gasteiger partial charge in [-0.2, -0.15) is 5.26 Å². The second kappa shape index (κ2) is 2.27. The van der Waals surface area contributed by atoms with Gasteiger partial charge in [0.1, 0.15) is 6.54 Å². The number of hydrogen-bond donors (Lipinski definition) is 0. The standard InChI is InChI=1S/C5H6N4/c1-5-4-9(3-2-6)8-7-5/h4H,3H2,1H3. The molecule has 1 aromatic rings. The van der Waals surface area contributed by atoms with Crippen LogP contribution in [-0.2, 0) is 6.54 Å². The maximum atomic E-state index is 8.19. The molecule has 0 spiro atoms. The van der Waals surface area contributed by atoms with Crippen molar-refractivity contribution in [3.63, 3.8) is 0 Å². The lowest BCUT2D eigenvalue weighted by Gasteiger charge is -1.83. The molecule has 1 aromatic heterocycles. The fourth-order valence-electron chi connectivity index (χ4n) is 0.545. The van der Waals surface area contributed by atoms with Crippen molar-refractivity contribution in [3.8, 4) is 6.07 Å². The summed E-state index contributed by atoms with van der Waals surface area (Å²) in [5.41, 5.74) is 0.838. The molecule has 0 atom stereocenters. The van der Waals surface area contributed by atoms with Gasteiger partial charge in [-0.05, 0) is 6.92 Å². The van der Waals surface area contributed by atoms with Gasteiger partial charge in [0.2, 0.25) is 0 Å². The first kappa shape index (κ1) is 5.76. The second-order valence-electron chi connectivity index (χ2n) is 1.72. The highest BCUT2D eigenvalue weighted by Crippen LogP contribution is 1.86. The van der Waals surface area contributed by atoms with E-state index in [1.807, 2.05) is 13.0 Å². The minimum absolute atomic E-state index is 0.279. The smallest absolute Gasteiger partial charge is 0.129 e. The Balaban J connectivity index is 2.76. The van der Waals surface area contributed by atoms with Crippen molar-refractivity contribution in [1.29, 1.82) is 5.26 Å². The maximum Gasteiger partial charge on any atom is 0.129 e. The van der Waals surface area contributed by atoms with Crippen LogP contribution in [0.2, 0.25) is 0 Å². The monoisotopic (exact) mass is 122 g/mol. The molecule has 0 fully saturated rings. The van der Waals surface area contributed by atoms with Crippen molar-refractivity contribution in [2.45, 2.75) is 13.5 Å². The molecule has 0 unspecified atom stereocenters. The van der Waals surface area contributed by atoms with E-state index in [9.17, 15) is 0 Å². The lowest BCUT2D eigenvalue weighted by molar-refractivity contribution is 0.668. The highest BCUT2D eigenvalue weighted by molar-refractivity contribution is 4.88. The number of nitriles is 1. The van der Waals surface area contributed by atoms with E-state index < -0.39 is 0 Å². The molecule has 0 saturated heterocycles. The number of nitrogens with zero attached hydrogens (tertiary/aromatic N) is 4. The first-order chi connectivity index (χ1) is 4.33. The molecule has 0 saturated carbocycles. The third-order valence-electron chi connectivity index (χ3n) is 0.886. The van der Waals surface area contributed by atoms with Crippen LogP contribution >= 0.6 is 0 Å². The van der Waals surface area contributed by atoms with Gasteiger partial charge in [0.25, 0.3) is 0 Å². The summed E-state index contributed by atoms with van der Waals surface area (Å²) in [5, 5.41) is 15.5. The molecule has 0 aromatic carbocycles. The van der Waals surface area contributed by atoms with Gasteiger partial charge in [-0.15, -0.1) is 5.10 Å². The zero-order valence-electron chi connectivity index (χ0n) is 5.07. The Morgan fingerprint density at radius 2 is 2.67 bits per heavy atom. The van der Waals surface area contributed by atoms with E-state index >= 15 is 0 Å². The van der Waals surface area contributed by atoms with Crippen molar-refractivity contribution < 1.29 is 0 Å². The average Bonchev–Trinajstić information content (AvgIpc) is 2.17. The van der Waals surface area contributed by atoms with E-state index in [0.29, 0.717) is 0 Å². The molecule has 1 heterocycles. The van der Waals surface area contributed by atoms with E-state index in [1.54, 1.807) is 6.20 Å². The Bertz CT molecular complexity index is 231. The molecule has 1 rings (SSSR count). The van der Waals surface area contributed by atoms with Crippen LogP contribution in [0.3, 0.4) is 0 Å². The summed E-state index contributed by atoms with van der Waals surface area (Å²) < 4.78 is 1.50. The quantitative estimate of drug-likeness (QED) is 0.531. The third kappa shape index (κ3) is 1.26. The van der Waals surface area contributed by atoms with Gasteiger partial charge in [0.15, 0.2) is 0 Å². The van der Waals surface area contributed by atoms with E-state index in [1.165, 1.54) is 4.68 Å². The number of aryl methyl sites for hydroxylation is 1. The van der Waals surface area contributed by atoms with Gasteiger partial charge in [-0.25, -0.2) is 4.68 Å². The van der Waals surface area contributed by atoms with Crippen LogP contribution in [0, 0.1) is 18.3 Å². The predicted molar refractivity (Wildman–Crippen MR) is 30.4 cm³/mol. The van der Waals surface area contributed by atoms with Crippen LogP contribution in [0.25, 0.3) is 0 Å². The summed E-state index contributed by atoms with van der Waals surface area (Å²) in [6.45, 7) is 2.11. The molecule has 0 aliphatic carbocycles. The molecule has 0 N–H and O–H groups in total. The first-order valence-corrected chi connectivity index (χ1v) is 2.56. The maximum absolute atomic E-state index is 8.19. The molecule has 0 radical (unpaired) electrons. The highest BCUT2D eigenvalue weighted by atomic mass is 15.4. The molecule has 4 heteroatoms. The Morgan fingerprint density at radius 1 is 1.89 bits per heavy atom. The van der Waals surface area contributed by atoms with Crippen molar-refractivity contribution >= 4 is 0 Å². The Hall–Kier alpha value is -1.37. The van der Waals surface area contributed by atoms with Crippen LogP contribution < -0.4 is 0 Å². The summed E-state index contributed by atoms with van der Waals surface area (Å²) in [5.74, 6) is 0. The molecular formula is C5H6N4. The van der Waals surface area contributed by atoms with Gasteiger partial charge in [-0.3, -0.25) is 0 Å². The van der Waals surface area contributed by atoms with Crippen LogP contribution in [0.5, 0.6) is 0 Å². The SMILES string of the molecule is Cc1cn(CC#N)nn1. The Morgan fingerprint density at radius 3 is 3.11 bits per heavy atom. The van der Waals surface area contributed by atoms with Crippen molar-refractivity contribution in [1.82, 2.24) is 15.0 Å². The summed E-state index contributed by atoms with van der Waals surface area (Å²) in [6.07, 6.45) is 1.73. The number of aromatic nitrogens is 3. The molecule has 0 amide bonds. The lowest BCUT2D eigenvalue weighted by atomic mass is 10.6. The van der Waals surface area contributed by atoms with E-state index in [-0.39, 0.29) is 6.54 Å².